The molecule has 4 rings (SSSR count). The zero-order chi connectivity index (χ0) is 34.0. The molecular formula is C24H29F2N3O15P2. The standard InChI is InChI=1S/C24H29F2N3O15P2/c1-24(45(34,35)36,46(37,38)39)44-23(33)41-12-18(30)21(31)28-5-2-13(3-6-28)20-16(25)8-14(9-17(20)26)29-10-15(43-22(29)32)11-40-19-4-7-42-27-19/h2,4,7-9,15,18,30,34-36,45H,3,5-6,10-12H2,1H3,(H2,37,38,39)/t15-,18+,24?/m1/s1. The van der Waals surface area contributed by atoms with Crippen LogP contribution in [0.4, 0.5) is 24.1 Å². The molecule has 22 heteroatoms. The zero-order valence-corrected chi connectivity index (χ0v) is 25.6. The summed E-state index contributed by atoms with van der Waals surface area (Å²) in [6.07, 6.45) is -3.03. The second kappa shape index (κ2) is 13.5. The van der Waals surface area contributed by atoms with Crippen molar-refractivity contribution in [2.24, 2.45) is 0 Å². The topological polar surface area (TPSA) is 259 Å². The maximum absolute atomic E-state index is 15.2. The second-order valence-electron chi connectivity index (χ2n) is 10.2. The van der Waals surface area contributed by atoms with Crippen molar-refractivity contribution in [2.45, 2.75) is 30.6 Å². The number of halogens is 2. The van der Waals surface area contributed by atoms with Gasteiger partial charge in [0.25, 0.3) is 5.88 Å². The Hall–Kier alpha value is -3.74. The monoisotopic (exact) mass is 699 g/mol. The fourth-order valence-electron chi connectivity index (χ4n) is 4.34. The van der Waals surface area contributed by atoms with Crippen LogP contribution in [-0.4, -0.2) is 108 Å². The van der Waals surface area contributed by atoms with Crippen molar-refractivity contribution in [3.05, 3.63) is 47.7 Å². The summed E-state index contributed by atoms with van der Waals surface area (Å²) < 4.78 is 65.7. The predicted octanol–water partition coefficient (Wildman–Crippen LogP) is 0.810. The molecule has 0 radical (unpaired) electrons. The number of hydrogen-bond acceptors (Lipinski definition) is 14. The van der Waals surface area contributed by atoms with Crippen molar-refractivity contribution in [1.82, 2.24) is 10.1 Å². The van der Waals surface area contributed by atoms with Crippen LogP contribution >= 0.6 is 15.5 Å². The molecule has 2 amide bonds. The van der Waals surface area contributed by atoms with Crippen LogP contribution in [0.5, 0.6) is 5.88 Å². The molecule has 6 N–H and O–H groups in total. The van der Waals surface area contributed by atoms with Crippen LogP contribution in [0.2, 0.25) is 0 Å². The van der Waals surface area contributed by atoms with E-state index in [1.165, 1.54) is 18.4 Å². The van der Waals surface area contributed by atoms with E-state index in [0.717, 1.165) is 21.9 Å². The Balaban J connectivity index is 1.33. The zero-order valence-electron chi connectivity index (χ0n) is 23.7. The fourth-order valence-corrected chi connectivity index (χ4v) is 6.31. The Labute approximate surface area is 258 Å². The quantitative estimate of drug-likeness (QED) is 0.140. The number of benzene rings is 1. The summed E-state index contributed by atoms with van der Waals surface area (Å²) in [5, 5.41) is 10.3. The molecule has 3 atom stereocenters. The van der Waals surface area contributed by atoms with Gasteiger partial charge >= 0.3 is 153 Å². The molecule has 1 aromatic carbocycles. The number of carbonyl (C=O) groups excluding carboxylic acids is 3. The first-order valence-corrected chi connectivity index (χ1v) is 16.6. The molecule has 2 aliphatic rings. The minimum atomic E-state index is -5.80. The molecule has 3 heterocycles. The van der Waals surface area contributed by atoms with Crippen LogP contribution in [0, 0.1) is 11.6 Å². The van der Waals surface area contributed by atoms with Gasteiger partial charge in [-0.05, 0) is 17.3 Å². The molecule has 2 aromatic rings. The Kier molecular flexibility index (Phi) is 10.3. The first-order chi connectivity index (χ1) is 21.4. The number of carbonyl (C=O) groups is 3. The van der Waals surface area contributed by atoms with E-state index in [-0.39, 0.29) is 49.8 Å². The average molecular weight is 699 g/mol. The van der Waals surface area contributed by atoms with Gasteiger partial charge in [-0.1, -0.05) is 0 Å². The summed E-state index contributed by atoms with van der Waals surface area (Å²) in [5.41, 5.74) is -0.316. The van der Waals surface area contributed by atoms with Gasteiger partial charge in [0.15, 0.2) is 6.10 Å². The molecule has 1 fully saturated rings. The van der Waals surface area contributed by atoms with E-state index in [0.29, 0.717) is 6.92 Å². The van der Waals surface area contributed by atoms with Gasteiger partial charge in [0, 0.05) is 6.07 Å². The number of rotatable bonds is 11. The summed E-state index contributed by atoms with van der Waals surface area (Å²) in [7, 11) is -11.5. The third kappa shape index (κ3) is 7.62. The number of aliphatic hydroxyl groups is 1. The molecular weight excluding hydrogens is 670 g/mol. The number of hydrogen-bond donors (Lipinski definition) is 6. The second-order valence-corrected chi connectivity index (χ2v) is 14.7. The molecule has 46 heavy (non-hydrogen) atoms. The summed E-state index contributed by atoms with van der Waals surface area (Å²) in [6, 6.07) is 3.35. The molecule has 0 spiro atoms. The van der Waals surface area contributed by atoms with E-state index >= 15 is 8.78 Å². The van der Waals surface area contributed by atoms with Crippen LogP contribution in [0.1, 0.15) is 18.9 Å². The molecule has 254 valence electrons. The van der Waals surface area contributed by atoms with Crippen molar-refractivity contribution in [2.75, 3.05) is 37.7 Å². The predicted molar refractivity (Wildman–Crippen MR) is 149 cm³/mol. The molecule has 0 saturated carbocycles. The number of cyclic esters (lactones) is 1. The van der Waals surface area contributed by atoms with Crippen LogP contribution in [0.3, 0.4) is 0 Å². The number of amides is 2. The van der Waals surface area contributed by atoms with E-state index < -0.39 is 74.8 Å². The Morgan fingerprint density at radius 2 is 1.91 bits per heavy atom. The van der Waals surface area contributed by atoms with Crippen molar-refractivity contribution < 1.29 is 80.8 Å². The number of aliphatic hydroxyl groups excluding tert-OH is 1. The third-order valence-corrected chi connectivity index (χ3v) is 11.3. The number of aromatic nitrogens is 1. The summed E-state index contributed by atoms with van der Waals surface area (Å²) >= 11 is 0. The third-order valence-electron chi connectivity index (χ3n) is 6.99. The Morgan fingerprint density at radius 1 is 1.24 bits per heavy atom. The summed E-state index contributed by atoms with van der Waals surface area (Å²) in [5.74, 6) is -2.82. The van der Waals surface area contributed by atoms with E-state index in [4.69, 9.17) is 9.47 Å². The van der Waals surface area contributed by atoms with Gasteiger partial charge in [0.2, 0.25) is 0 Å². The Bertz CT molecular complexity index is 1520. The van der Waals surface area contributed by atoms with Gasteiger partial charge in [-0.3, -0.25) is 4.90 Å². The van der Waals surface area contributed by atoms with E-state index in [2.05, 4.69) is 19.2 Å². The molecule has 0 bridgehead atoms. The van der Waals surface area contributed by atoms with Crippen molar-refractivity contribution in [3.63, 3.8) is 0 Å². The average Bonchev–Trinajstić information content (AvgIpc) is 3.62. The van der Waals surface area contributed by atoms with Crippen LogP contribution in [0.15, 0.2) is 35.1 Å². The molecule has 1 unspecified atom stereocenters. The normalized spacial score (nSPS) is 19.5. The van der Waals surface area contributed by atoms with Crippen molar-refractivity contribution in [1.29, 1.82) is 0 Å². The van der Waals surface area contributed by atoms with Gasteiger partial charge < -0.3 is 14.0 Å². The molecule has 18 nitrogen and oxygen atoms in total. The van der Waals surface area contributed by atoms with E-state index in [1.54, 1.807) is 0 Å². The SMILES string of the molecule is CC(OC(=O)OC[C@H](O)C(=O)N1CC=C(c2c(F)cc(N3C[C@H](COc4ccon4)OC3=O)cc2F)CC1)(P(=O)(O)O)[PH](O)(O)O. The molecule has 1 aromatic heterocycles. The minimum absolute atomic E-state index is 0.0613. The maximum atomic E-state index is 15.2. The number of anilines is 1. The van der Waals surface area contributed by atoms with Gasteiger partial charge in [-0.2, -0.15) is 0 Å². The summed E-state index contributed by atoms with van der Waals surface area (Å²) in [4.78, 5) is 85.5. The number of ether oxygens (including phenoxy) is 4. The molecule has 2 aliphatic heterocycles. The van der Waals surface area contributed by atoms with Gasteiger partial charge in [-0.15, -0.1) is 0 Å². The molecule has 0 aliphatic carbocycles. The fraction of sp³-hybridized carbons (Fsp3) is 0.417. The van der Waals surface area contributed by atoms with Crippen LogP contribution in [0.25, 0.3) is 5.57 Å². The van der Waals surface area contributed by atoms with Crippen LogP contribution in [-0.2, 0) is 23.6 Å². The van der Waals surface area contributed by atoms with E-state index in [1.807, 2.05) is 0 Å². The Morgan fingerprint density at radius 3 is 2.46 bits per heavy atom. The summed E-state index contributed by atoms with van der Waals surface area (Å²) in [6.45, 7) is -1.26. The first kappa shape index (κ1) is 35.1. The van der Waals surface area contributed by atoms with Gasteiger partial charge in [0.05, 0.1) is 12.2 Å². The van der Waals surface area contributed by atoms with Gasteiger partial charge in [0.1, 0.15) is 24.5 Å². The van der Waals surface area contributed by atoms with Crippen molar-refractivity contribution >= 4 is 45.0 Å². The van der Waals surface area contributed by atoms with Crippen LogP contribution < -0.4 is 9.64 Å². The number of nitrogens with zero attached hydrogens (tertiary/aromatic N) is 3. The first-order valence-electron chi connectivity index (χ1n) is 13.2. The van der Waals surface area contributed by atoms with E-state index in [9.17, 15) is 48.5 Å². The van der Waals surface area contributed by atoms with Gasteiger partial charge in [-0.25, -0.2) is 13.6 Å². The molecule has 1 saturated heterocycles. The van der Waals surface area contributed by atoms with Crippen molar-refractivity contribution in [3.8, 4) is 5.88 Å².